The molecule has 1 aliphatic carbocycles. The molecule has 1 aromatic rings. The van der Waals surface area contributed by atoms with Gasteiger partial charge in [0.25, 0.3) is 0 Å². The Bertz CT molecular complexity index is 427. The maximum absolute atomic E-state index is 10.1. The lowest BCUT2D eigenvalue weighted by Gasteiger charge is -2.35. The van der Waals surface area contributed by atoms with Crippen molar-refractivity contribution < 1.29 is 5.11 Å². The topological polar surface area (TPSA) is 49.5 Å². The number of aliphatic hydroxyl groups is 1. The lowest BCUT2D eigenvalue weighted by molar-refractivity contribution is 0.0311. The minimum Gasteiger partial charge on any atom is -0.391 e. The summed E-state index contributed by atoms with van der Waals surface area (Å²) in [6.45, 7) is 0.883. The first kappa shape index (κ1) is 15.8. The highest BCUT2D eigenvalue weighted by Gasteiger charge is 2.26. The van der Waals surface area contributed by atoms with Gasteiger partial charge in [-0.05, 0) is 37.9 Å². The molecular weight excluding hydrogens is 272 g/mol. The van der Waals surface area contributed by atoms with Crippen LogP contribution in [0, 0.1) is 0 Å². The van der Waals surface area contributed by atoms with Gasteiger partial charge in [-0.1, -0.05) is 42.6 Å². The van der Waals surface area contributed by atoms with Gasteiger partial charge >= 0.3 is 0 Å². The minimum absolute atomic E-state index is 0.0492. The summed E-state index contributed by atoms with van der Waals surface area (Å²) < 4.78 is 0. The van der Waals surface area contributed by atoms with Gasteiger partial charge in [-0.15, -0.1) is 0 Å². The van der Waals surface area contributed by atoms with Crippen LogP contribution in [-0.4, -0.2) is 35.7 Å². The van der Waals surface area contributed by atoms with Gasteiger partial charge in [0.15, 0.2) is 0 Å². The van der Waals surface area contributed by atoms with Crippen LogP contribution in [-0.2, 0) is 0 Å². The van der Waals surface area contributed by atoms with Crippen LogP contribution < -0.4 is 5.73 Å². The first-order chi connectivity index (χ1) is 9.59. The zero-order valence-corrected chi connectivity index (χ0v) is 12.9. The Morgan fingerprint density at radius 3 is 2.75 bits per heavy atom. The summed E-state index contributed by atoms with van der Waals surface area (Å²) in [5.74, 6) is 0. The van der Waals surface area contributed by atoms with Gasteiger partial charge in [-0.2, -0.15) is 0 Å². The van der Waals surface area contributed by atoms with Crippen LogP contribution >= 0.6 is 11.6 Å². The van der Waals surface area contributed by atoms with Gasteiger partial charge in [-0.25, -0.2) is 0 Å². The summed E-state index contributed by atoms with van der Waals surface area (Å²) in [4.78, 5) is 2.25. The monoisotopic (exact) mass is 296 g/mol. The first-order valence-corrected chi connectivity index (χ1v) is 7.85. The van der Waals surface area contributed by atoms with E-state index in [0.717, 1.165) is 42.8 Å². The molecule has 0 heterocycles. The number of likely N-dealkylation sites (N-methyl/N-ethyl adjacent to an activating group) is 1. The average molecular weight is 297 g/mol. The number of nitrogens with two attached hydrogens (primary N) is 1. The molecule has 0 aromatic heterocycles. The van der Waals surface area contributed by atoms with Crippen molar-refractivity contribution in [2.24, 2.45) is 5.73 Å². The maximum Gasteiger partial charge on any atom is 0.0695 e. The van der Waals surface area contributed by atoms with E-state index in [1.807, 2.05) is 24.3 Å². The Kier molecular flexibility index (Phi) is 5.85. The number of aliphatic hydroxyl groups excluding tert-OH is 1. The highest BCUT2D eigenvalue weighted by atomic mass is 35.5. The summed E-state index contributed by atoms with van der Waals surface area (Å²) in [6.07, 6.45) is 5.02. The molecule has 0 spiro atoms. The second-order valence-electron chi connectivity index (χ2n) is 5.82. The zero-order valence-electron chi connectivity index (χ0n) is 12.1. The second kappa shape index (κ2) is 7.41. The van der Waals surface area contributed by atoms with E-state index >= 15 is 0 Å². The van der Waals surface area contributed by atoms with E-state index in [2.05, 4.69) is 11.9 Å². The fourth-order valence-corrected chi connectivity index (χ4v) is 3.32. The number of hydrogen-bond donors (Lipinski definition) is 2. The number of benzene rings is 1. The highest BCUT2D eigenvalue weighted by molar-refractivity contribution is 6.31. The first-order valence-electron chi connectivity index (χ1n) is 7.48. The van der Waals surface area contributed by atoms with E-state index in [1.165, 1.54) is 6.42 Å². The molecule has 2 rings (SSSR count). The Balaban J connectivity index is 1.86. The molecule has 112 valence electrons. The Morgan fingerprint density at radius 2 is 2.05 bits per heavy atom. The van der Waals surface area contributed by atoms with Crippen molar-refractivity contribution in [3.8, 4) is 0 Å². The Labute approximate surface area is 126 Å². The maximum atomic E-state index is 10.1. The van der Waals surface area contributed by atoms with E-state index in [0.29, 0.717) is 0 Å². The molecule has 0 amide bonds. The predicted octanol–water partition coefficient (Wildman–Crippen LogP) is 2.97. The summed E-state index contributed by atoms with van der Waals surface area (Å²) in [5.41, 5.74) is 7.24. The molecule has 1 aliphatic rings. The summed E-state index contributed by atoms with van der Waals surface area (Å²) in [7, 11) is 2.08. The molecule has 0 saturated heterocycles. The number of nitrogens with zero attached hydrogens (tertiary/aromatic N) is 1. The van der Waals surface area contributed by atoms with Gasteiger partial charge in [0.05, 0.1) is 6.10 Å². The lowest BCUT2D eigenvalue weighted by Crippen LogP contribution is -2.44. The van der Waals surface area contributed by atoms with Crippen LogP contribution in [0.5, 0.6) is 0 Å². The van der Waals surface area contributed by atoms with Crippen molar-refractivity contribution in [3.63, 3.8) is 0 Å². The number of rotatable bonds is 5. The zero-order chi connectivity index (χ0) is 14.5. The van der Waals surface area contributed by atoms with Crippen molar-refractivity contribution in [3.05, 3.63) is 34.9 Å². The van der Waals surface area contributed by atoms with E-state index in [1.54, 1.807) is 0 Å². The predicted molar refractivity (Wildman–Crippen MR) is 83.9 cm³/mol. The van der Waals surface area contributed by atoms with Crippen molar-refractivity contribution >= 4 is 11.6 Å². The van der Waals surface area contributed by atoms with Crippen molar-refractivity contribution in [2.75, 3.05) is 13.6 Å². The minimum atomic E-state index is -0.190. The van der Waals surface area contributed by atoms with Crippen molar-refractivity contribution in [1.82, 2.24) is 4.90 Å². The van der Waals surface area contributed by atoms with Crippen LogP contribution in [0.1, 0.15) is 43.7 Å². The normalized spacial score (nSPS) is 24.9. The second-order valence-corrected chi connectivity index (χ2v) is 6.22. The molecule has 3 N–H and O–H groups in total. The van der Waals surface area contributed by atoms with Crippen molar-refractivity contribution in [2.45, 2.75) is 50.3 Å². The van der Waals surface area contributed by atoms with Crippen LogP contribution in [0.3, 0.4) is 0 Å². The smallest absolute Gasteiger partial charge is 0.0695 e. The average Bonchev–Trinajstić information content (AvgIpc) is 2.45. The molecule has 20 heavy (non-hydrogen) atoms. The van der Waals surface area contributed by atoms with E-state index < -0.39 is 0 Å². The van der Waals surface area contributed by atoms with Crippen molar-refractivity contribution in [1.29, 1.82) is 0 Å². The molecule has 4 heteroatoms. The van der Waals surface area contributed by atoms with E-state index in [4.69, 9.17) is 17.3 Å². The molecule has 3 atom stereocenters. The molecule has 3 unspecified atom stereocenters. The number of halogens is 1. The third-order valence-electron chi connectivity index (χ3n) is 4.36. The van der Waals surface area contributed by atoms with Crippen LogP contribution in [0.15, 0.2) is 24.3 Å². The molecule has 1 fully saturated rings. The van der Waals surface area contributed by atoms with Gasteiger partial charge in [0.2, 0.25) is 0 Å². The Hall–Kier alpha value is -0.610. The van der Waals surface area contributed by atoms with Gasteiger partial charge in [0.1, 0.15) is 0 Å². The molecule has 3 nitrogen and oxygen atoms in total. The highest BCUT2D eigenvalue weighted by Crippen LogP contribution is 2.25. The van der Waals surface area contributed by atoms with E-state index in [-0.39, 0.29) is 18.2 Å². The molecule has 1 saturated carbocycles. The molecule has 0 radical (unpaired) electrons. The molecule has 0 aliphatic heterocycles. The van der Waals surface area contributed by atoms with Gasteiger partial charge in [0, 0.05) is 23.7 Å². The largest absolute Gasteiger partial charge is 0.391 e. The third-order valence-corrected chi connectivity index (χ3v) is 4.70. The summed E-state index contributed by atoms with van der Waals surface area (Å²) >= 11 is 6.17. The van der Waals surface area contributed by atoms with Gasteiger partial charge in [-0.3, -0.25) is 0 Å². The molecule has 1 aromatic carbocycles. The quantitative estimate of drug-likeness (QED) is 0.878. The van der Waals surface area contributed by atoms with E-state index in [9.17, 15) is 5.11 Å². The summed E-state index contributed by atoms with van der Waals surface area (Å²) in [5, 5.41) is 10.8. The molecular formula is C16H25ClN2O. The SMILES string of the molecule is CN(CCC(N)c1ccccc1Cl)C1CCCCC1O. The fourth-order valence-electron chi connectivity index (χ4n) is 3.05. The van der Waals surface area contributed by atoms with Crippen LogP contribution in [0.25, 0.3) is 0 Å². The standard InChI is InChI=1S/C16H25ClN2O/c1-19(15-8-4-5-9-16(15)20)11-10-14(18)12-6-2-3-7-13(12)17/h2-3,6-7,14-16,20H,4-5,8-11,18H2,1H3. The lowest BCUT2D eigenvalue weighted by atomic mass is 9.91. The van der Waals surface area contributed by atoms with Crippen LogP contribution in [0.4, 0.5) is 0 Å². The Morgan fingerprint density at radius 1 is 1.35 bits per heavy atom. The fraction of sp³-hybridized carbons (Fsp3) is 0.625. The summed E-state index contributed by atoms with van der Waals surface area (Å²) in [6, 6.07) is 7.99. The third kappa shape index (κ3) is 3.95. The molecule has 0 bridgehead atoms. The van der Waals surface area contributed by atoms with Gasteiger partial charge < -0.3 is 15.7 Å². The number of hydrogen-bond acceptors (Lipinski definition) is 3. The van der Waals surface area contributed by atoms with Crippen LogP contribution in [0.2, 0.25) is 5.02 Å².